The van der Waals surface area contributed by atoms with Crippen LogP contribution in [0.2, 0.25) is 0 Å². The maximum atomic E-state index is 11.2. The molecule has 0 unspecified atom stereocenters. The Labute approximate surface area is 86.0 Å². The number of carboxylic acids is 1. The molecule has 1 N–H and O–H groups in total. The van der Waals surface area contributed by atoms with Crippen LogP contribution in [0.1, 0.15) is 52.9 Å². The summed E-state index contributed by atoms with van der Waals surface area (Å²) in [6.45, 7) is 6.23. The van der Waals surface area contributed by atoms with Gasteiger partial charge in [-0.25, -0.2) is 0 Å². The van der Waals surface area contributed by atoms with Crippen molar-refractivity contribution in [2.24, 2.45) is 5.41 Å². The first-order valence-electron chi connectivity index (χ1n) is 5.40. The molecule has 1 rings (SSSR count). The van der Waals surface area contributed by atoms with E-state index in [0.29, 0.717) is 0 Å². The van der Waals surface area contributed by atoms with Gasteiger partial charge in [-0.15, -0.1) is 0 Å². The third-order valence-corrected chi connectivity index (χ3v) is 3.65. The molecule has 0 atom stereocenters. The monoisotopic (exact) mass is 196 g/mol. The van der Waals surface area contributed by atoms with Crippen LogP contribution >= 0.6 is 0 Å². The second-order valence-electron chi connectivity index (χ2n) is 4.54. The molecular formula is C12H20O2. The Hall–Kier alpha value is -0.790. The maximum absolute atomic E-state index is 11.2. The van der Waals surface area contributed by atoms with Crippen LogP contribution in [0, 0.1) is 5.41 Å². The molecule has 1 fully saturated rings. The van der Waals surface area contributed by atoms with Crippen LogP contribution in [0.3, 0.4) is 0 Å². The number of allylic oxidation sites excluding steroid dienone is 2. The van der Waals surface area contributed by atoms with Crippen molar-refractivity contribution in [1.29, 1.82) is 0 Å². The Bertz CT molecular complexity index is 249. The summed E-state index contributed by atoms with van der Waals surface area (Å²) in [5, 5.41) is 9.20. The van der Waals surface area contributed by atoms with Crippen LogP contribution < -0.4 is 0 Å². The van der Waals surface area contributed by atoms with Gasteiger partial charge in [0.25, 0.3) is 0 Å². The SMILES string of the molecule is CCC1(C(=O)O)CCC(=C(C)C)CC1. The van der Waals surface area contributed by atoms with E-state index in [-0.39, 0.29) is 0 Å². The van der Waals surface area contributed by atoms with Gasteiger partial charge < -0.3 is 5.11 Å². The Morgan fingerprint density at radius 1 is 1.36 bits per heavy atom. The largest absolute Gasteiger partial charge is 0.481 e. The highest BCUT2D eigenvalue weighted by molar-refractivity contribution is 5.74. The topological polar surface area (TPSA) is 37.3 Å². The van der Waals surface area contributed by atoms with E-state index < -0.39 is 11.4 Å². The first-order chi connectivity index (χ1) is 6.52. The summed E-state index contributed by atoms with van der Waals surface area (Å²) in [4.78, 5) is 11.2. The van der Waals surface area contributed by atoms with Gasteiger partial charge in [-0.1, -0.05) is 18.1 Å². The molecule has 0 amide bonds. The number of carbonyl (C=O) groups is 1. The van der Waals surface area contributed by atoms with Crippen molar-refractivity contribution in [3.05, 3.63) is 11.1 Å². The fraction of sp³-hybridized carbons (Fsp3) is 0.750. The Morgan fingerprint density at radius 2 is 1.86 bits per heavy atom. The molecule has 0 radical (unpaired) electrons. The lowest BCUT2D eigenvalue weighted by molar-refractivity contribution is -0.150. The summed E-state index contributed by atoms with van der Waals surface area (Å²) in [7, 11) is 0. The lowest BCUT2D eigenvalue weighted by atomic mass is 9.70. The number of rotatable bonds is 2. The zero-order chi connectivity index (χ0) is 10.8. The van der Waals surface area contributed by atoms with Crippen molar-refractivity contribution < 1.29 is 9.90 Å². The first-order valence-corrected chi connectivity index (χ1v) is 5.40. The van der Waals surface area contributed by atoms with Crippen molar-refractivity contribution >= 4 is 5.97 Å². The van der Waals surface area contributed by atoms with E-state index in [1.54, 1.807) is 0 Å². The third kappa shape index (κ3) is 1.99. The van der Waals surface area contributed by atoms with E-state index in [0.717, 1.165) is 32.1 Å². The predicted molar refractivity (Wildman–Crippen MR) is 57.2 cm³/mol. The fourth-order valence-corrected chi connectivity index (χ4v) is 2.25. The van der Waals surface area contributed by atoms with E-state index in [1.165, 1.54) is 11.1 Å². The van der Waals surface area contributed by atoms with E-state index in [9.17, 15) is 9.90 Å². The smallest absolute Gasteiger partial charge is 0.309 e. The van der Waals surface area contributed by atoms with Crippen LogP contribution in [0.15, 0.2) is 11.1 Å². The van der Waals surface area contributed by atoms with Gasteiger partial charge >= 0.3 is 5.97 Å². The highest BCUT2D eigenvalue weighted by atomic mass is 16.4. The first kappa shape index (κ1) is 11.3. The fourth-order valence-electron chi connectivity index (χ4n) is 2.25. The summed E-state index contributed by atoms with van der Waals surface area (Å²) in [6, 6.07) is 0. The van der Waals surface area contributed by atoms with E-state index in [2.05, 4.69) is 13.8 Å². The summed E-state index contributed by atoms with van der Waals surface area (Å²) < 4.78 is 0. The van der Waals surface area contributed by atoms with Gasteiger partial charge in [-0.3, -0.25) is 4.79 Å². The van der Waals surface area contributed by atoms with Gasteiger partial charge in [0, 0.05) is 0 Å². The lowest BCUT2D eigenvalue weighted by Crippen LogP contribution is -2.33. The predicted octanol–water partition coefficient (Wildman–Crippen LogP) is 3.38. The average molecular weight is 196 g/mol. The van der Waals surface area contributed by atoms with Gasteiger partial charge in [0.2, 0.25) is 0 Å². The number of carboxylic acid groups (broad SMARTS) is 1. The summed E-state index contributed by atoms with van der Waals surface area (Å²) >= 11 is 0. The van der Waals surface area contributed by atoms with Crippen molar-refractivity contribution in [3.8, 4) is 0 Å². The number of aliphatic carboxylic acids is 1. The minimum Gasteiger partial charge on any atom is -0.481 e. The van der Waals surface area contributed by atoms with Crippen molar-refractivity contribution in [2.45, 2.75) is 52.9 Å². The molecule has 0 aromatic heterocycles. The summed E-state index contributed by atoms with van der Waals surface area (Å²) in [6.07, 6.45) is 4.35. The van der Waals surface area contributed by atoms with Gasteiger partial charge in [-0.2, -0.15) is 0 Å². The normalized spacial score (nSPS) is 27.5. The third-order valence-electron chi connectivity index (χ3n) is 3.65. The van der Waals surface area contributed by atoms with Gasteiger partial charge in [0.1, 0.15) is 0 Å². The molecular weight excluding hydrogens is 176 g/mol. The van der Waals surface area contributed by atoms with Crippen LogP contribution in [0.4, 0.5) is 0 Å². The molecule has 80 valence electrons. The van der Waals surface area contributed by atoms with Crippen LogP contribution in [0.25, 0.3) is 0 Å². The van der Waals surface area contributed by atoms with Gasteiger partial charge in [0.15, 0.2) is 0 Å². The molecule has 2 nitrogen and oxygen atoms in total. The highest BCUT2D eigenvalue weighted by Gasteiger charge is 2.38. The zero-order valence-electron chi connectivity index (χ0n) is 9.39. The minimum atomic E-state index is -0.604. The van der Waals surface area contributed by atoms with Gasteiger partial charge in [0.05, 0.1) is 5.41 Å². The van der Waals surface area contributed by atoms with Crippen LogP contribution in [0.5, 0.6) is 0 Å². The van der Waals surface area contributed by atoms with Crippen molar-refractivity contribution in [1.82, 2.24) is 0 Å². The molecule has 1 aliphatic carbocycles. The molecule has 2 heteroatoms. The Morgan fingerprint density at radius 3 is 2.14 bits per heavy atom. The lowest BCUT2D eigenvalue weighted by Gasteiger charge is -2.33. The molecule has 1 aliphatic rings. The molecule has 0 aromatic rings. The summed E-state index contributed by atoms with van der Waals surface area (Å²) in [5.41, 5.74) is 2.41. The quantitative estimate of drug-likeness (QED) is 0.687. The maximum Gasteiger partial charge on any atom is 0.309 e. The molecule has 0 bridgehead atoms. The Balaban J connectivity index is 2.74. The molecule has 0 spiro atoms. The Kier molecular flexibility index (Phi) is 3.35. The van der Waals surface area contributed by atoms with Crippen LogP contribution in [-0.4, -0.2) is 11.1 Å². The van der Waals surface area contributed by atoms with Crippen LogP contribution in [-0.2, 0) is 4.79 Å². The number of hydrogen-bond donors (Lipinski definition) is 1. The molecule has 1 saturated carbocycles. The zero-order valence-corrected chi connectivity index (χ0v) is 9.39. The van der Waals surface area contributed by atoms with Gasteiger partial charge in [-0.05, 0) is 46.0 Å². The second kappa shape index (κ2) is 4.16. The number of hydrogen-bond acceptors (Lipinski definition) is 1. The van der Waals surface area contributed by atoms with Crippen molar-refractivity contribution in [2.75, 3.05) is 0 Å². The van der Waals surface area contributed by atoms with E-state index in [4.69, 9.17) is 0 Å². The average Bonchev–Trinajstić information content (AvgIpc) is 2.17. The van der Waals surface area contributed by atoms with E-state index >= 15 is 0 Å². The highest BCUT2D eigenvalue weighted by Crippen LogP contribution is 2.42. The molecule has 0 aliphatic heterocycles. The second-order valence-corrected chi connectivity index (χ2v) is 4.54. The molecule has 0 heterocycles. The minimum absolute atomic E-state index is 0.432. The summed E-state index contributed by atoms with van der Waals surface area (Å²) in [5.74, 6) is -0.604. The van der Waals surface area contributed by atoms with Crippen molar-refractivity contribution in [3.63, 3.8) is 0 Å². The molecule has 0 saturated heterocycles. The van der Waals surface area contributed by atoms with E-state index in [1.807, 2.05) is 6.92 Å². The standard InChI is InChI=1S/C12H20O2/c1-4-12(11(13)14)7-5-10(6-8-12)9(2)3/h4-8H2,1-3H3,(H,13,14). The molecule has 14 heavy (non-hydrogen) atoms. The molecule has 0 aromatic carbocycles.